The summed E-state index contributed by atoms with van der Waals surface area (Å²) in [5, 5.41) is 2.53. The lowest BCUT2D eigenvalue weighted by Crippen LogP contribution is -2.21. The third kappa shape index (κ3) is 4.58. The SMILES string of the molecule is O=C(COC(=O)c1cccc(Cl)c1Cl)Nc1ccc(F)c(Cl)c1. The van der Waals surface area contributed by atoms with Crippen LogP contribution in [-0.4, -0.2) is 18.5 Å². The van der Waals surface area contributed by atoms with E-state index in [-0.39, 0.29) is 26.3 Å². The van der Waals surface area contributed by atoms with Gasteiger partial charge in [0.05, 0.1) is 20.6 Å². The van der Waals surface area contributed by atoms with Crippen LogP contribution in [0.2, 0.25) is 15.1 Å². The van der Waals surface area contributed by atoms with Crippen LogP contribution in [0.4, 0.5) is 10.1 Å². The predicted octanol–water partition coefficient (Wildman–Crippen LogP) is 4.58. The second-order valence-electron chi connectivity index (χ2n) is 4.35. The highest BCUT2D eigenvalue weighted by atomic mass is 35.5. The quantitative estimate of drug-likeness (QED) is 0.795. The maximum Gasteiger partial charge on any atom is 0.340 e. The number of halogens is 4. The maximum absolute atomic E-state index is 13.0. The molecular formula is C15H9Cl3FNO3. The van der Waals surface area contributed by atoms with Crippen LogP contribution in [0.1, 0.15) is 10.4 Å². The Hall–Kier alpha value is -1.82. The van der Waals surface area contributed by atoms with Gasteiger partial charge in [0.2, 0.25) is 0 Å². The monoisotopic (exact) mass is 375 g/mol. The normalized spacial score (nSPS) is 10.3. The Morgan fingerprint density at radius 2 is 1.83 bits per heavy atom. The molecule has 1 N–H and O–H groups in total. The number of esters is 1. The van der Waals surface area contributed by atoms with Crippen molar-refractivity contribution in [3.63, 3.8) is 0 Å². The van der Waals surface area contributed by atoms with E-state index in [1.807, 2.05) is 0 Å². The molecule has 4 nitrogen and oxygen atoms in total. The molecule has 0 saturated carbocycles. The molecule has 2 rings (SSSR count). The molecule has 0 aliphatic carbocycles. The number of nitrogens with one attached hydrogen (secondary N) is 1. The molecule has 23 heavy (non-hydrogen) atoms. The van der Waals surface area contributed by atoms with Crippen molar-refractivity contribution in [2.75, 3.05) is 11.9 Å². The highest BCUT2D eigenvalue weighted by molar-refractivity contribution is 6.43. The number of carbonyl (C=O) groups is 2. The van der Waals surface area contributed by atoms with E-state index < -0.39 is 24.3 Å². The first-order chi connectivity index (χ1) is 10.9. The fraction of sp³-hybridized carbons (Fsp3) is 0.0667. The lowest BCUT2D eigenvalue weighted by Gasteiger charge is -2.08. The van der Waals surface area contributed by atoms with Gasteiger partial charge in [-0.05, 0) is 30.3 Å². The first-order valence-corrected chi connectivity index (χ1v) is 7.38. The van der Waals surface area contributed by atoms with E-state index in [4.69, 9.17) is 39.5 Å². The standard InChI is InChI=1S/C15H9Cl3FNO3/c16-10-3-1-2-9(14(10)18)15(22)23-7-13(21)20-8-4-5-12(19)11(17)6-8/h1-6H,7H2,(H,20,21). The molecule has 0 unspecified atom stereocenters. The largest absolute Gasteiger partial charge is 0.452 e. The number of rotatable bonds is 4. The third-order valence-electron chi connectivity index (χ3n) is 2.71. The third-order valence-corrected chi connectivity index (χ3v) is 3.82. The average Bonchev–Trinajstić information content (AvgIpc) is 2.51. The summed E-state index contributed by atoms with van der Waals surface area (Å²) in [4.78, 5) is 23.6. The molecule has 8 heteroatoms. The lowest BCUT2D eigenvalue weighted by atomic mass is 10.2. The van der Waals surface area contributed by atoms with Gasteiger partial charge in [-0.2, -0.15) is 0 Å². The Morgan fingerprint density at radius 3 is 2.52 bits per heavy atom. The second kappa shape index (κ2) is 7.64. The van der Waals surface area contributed by atoms with E-state index in [9.17, 15) is 14.0 Å². The molecule has 0 heterocycles. The number of benzene rings is 2. The Bertz CT molecular complexity index is 768. The molecule has 2 aromatic rings. The Balaban J connectivity index is 1.94. The van der Waals surface area contributed by atoms with Gasteiger partial charge in [0.25, 0.3) is 5.91 Å². The highest BCUT2D eigenvalue weighted by Gasteiger charge is 2.15. The van der Waals surface area contributed by atoms with Crippen molar-refractivity contribution >= 4 is 52.4 Å². The summed E-state index contributed by atoms with van der Waals surface area (Å²) >= 11 is 17.3. The summed E-state index contributed by atoms with van der Waals surface area (Å²) in [7, 11) is 0. The smallest absolute Gasteiger partial charge is 0.340 e. The van der Waals surface area contributed by atoms with Crippen molar-refractivity contribution in [1.82, 2.24) is 0 Å². The molecule has 0 radical (unpaired) electrons. The van der Waals surface area contributed by atoms with E-state index in [0.717, 1.165) is 6.07 Å². The van der Waals surface area contributed by atoms with Crippen molar-refractivity contribution in [3.05, 3.63) is 62.8 Å². The molecular weight excluding hydrogens is 368 g/mol. The molecule has 0 aliphatic rings. The van der Waals surface area contributed by atoms with Crippen molar-refractivity contribution in [1.29, 1.82) is 0 Å². The molecule has 120 valence electrons. The van der Waals surface area contributed by atoms with Gasteiger partial charge in [-0.25, -0.2) is 9.18 Å². The van der Waals surface area contributed by atoms with Crippen LogP contribution >= 0.6 is 34.8 Å². The van der Waals surface area contributed by atoms with Crippen LogP contribution in [0, 0.1) is 5.82 Å². The van der Waals surface area contributed by atoms with Gasteiger partial charge in [0.1, 0.15) is 5.82 Å². The van der Waals surface area contributed by atoms with Crippen LogP contribution in [0.25, 0.3) is 0 Å². The molecule has 0 aromatic heterocycles. The number of anilines is 1. The van der Waals surface area contributed by atoms with Gasteiger partial charge in [-0.1, -0.05) is 40.9 Å². The first kappa shape index (κ1) is 17.5. The van der Waals surface area contributed by atoms with Crippen molar-refractivity contribution in [2.24, 2.45) is 0 Å². The summed E-state index contributed by atoms with van der Waals surface area (Å²) < 4.78 is 17.9. The number of carbonyl (C=O) groups excluding carboxylic acids is 2. The molecule has 2 aromatic carbocycles. The van der Waals surface area contributed by atoms with Gasteiger partial charge in [0.15, 0.2) is 6.61 Å². The van der Waals surface area contributed by atoms with Crippen LogP contribution in [0.5, 0.6) is 0 Å². The van der Waals surface area contributed by atoms with Crippen LogP contribution in [0.3, 0.4) is 0 Å². The minimum absolute atomic E-state index is 0.0462. The van der Waals surface area contributed by atoms with E-state index in [0.29, 0.717) is 0 Å². The molecule has 0 atom stereocenters. The lowest BCUT2D eigenvalue weighted by molar-refractivity contribution is -0.119. The van der Waals surface area contributed by atoms with Crippen LogP contribution < -0.4 is 5.32 Å². The summed E-state index contributed by atoms with van der Waals surface area (Å²) in [5.41, 5.74) is 0.329. The minimum Gasteiger partial charge on any atom is -0.452 e. The van der Waals surface area contributed by atoms with Crippen LogP contribution in [0.15, 0.2) is 36.4 Å². The highest BCUT2D eigenvalue weighted by Crippen LogP contribution is 2.26. The molecule has 0 saturated heterocycles. The van der Waals surface area contributed by atoms with Crippen molar-refractivity contribution in [3.8, 4) is 0 Å². The zero-order chi connectivity index (χ0) is 17.0. The zero-order valence-electron chi connectivity index (χ0n) is 11.4. The average molecular weight is 377 g/mol. The van der Waals surface area contributed by atoms with Gasteiger partial charge in [-0.3, -0.25) is 4.79 Å². The summed E-state index contributed by atoms with van der Waals surface area (Å²) in [6.07, 6.45) is 0. The van der Waals surface area contributed by atoms with Crippen molar-refractivity contribution < 1.29 is 18.7 Å². The van der Waals surface area contributed by atoms with Gasteiger partial charge in [-0.15, -0.1) is 0 Å². The van der Waals surface area contributed by atoms with Gasteiger partial charge in [0, 0.05) is 5.69 Å². The number of amides is 1. The summed E-state index contributed by atoms with van der Waals surface area (Å²) in [6.45, 7) is -0.545. The molecule has 0 spiro atoms. The number of hydrogen-bond donors (Lipinski definition) is 1. The topological polar surface area (TPSA) is 55.4 Å². The Morgan fingerprint density at radius 1 is 1.09 bits per heavy atom. The molecule has 0 bridgehead atoms. The van der Waals surface area contributed by atoms with Crippen LogP contribution in [-0.2, 0) is 9.53 Å². The maximum atomic E-state index is 13.0. The van der Waals surface area contributed by atoms with E-state index in [1.54, 1.807) is 0 Å². The Labute approximate surface area is 146 Å². The summed E-state index contributed by atoms with van der Waals surface area (Å²) in [5.74, 6) is -2.00. The second-order valence-corrected chi connectivity index (χ2v) is 5.55. The van der Waals surface area contributed by atoms with E-state index in [2.05, 4.69) is 5.32 Å². The first-order valence-electron chi connectivity index (χ1n) is 6.24. The summed E-state index contributed by atoms with van der Waals surface area (Å²) in [6, 6.07) is 8.15. The predicted molar refractivity (Wildman–Crippen MR) is 86.8 cm³/mol. The number of hydrogen-bond acceptors (Lipinski definition) is 3. The molecule has 0 aliphatic heterocycles. The van der Waals surface area contributed by atoms with Crippen molar-refractivity contribution in [2.45, 2.75) is 0 Å². The van der Waals surface area contributed by atoms with Gasteiger partial charge >= 0.3 is 5.97 Å². The number of ether oxygens (including phenoxy) is 1. The zero-order valence-corrected chi connectivity index (χ0v) is 13.7. The minimum atomic E-state index is -0.787. The van der Waals surface area contributed by atoms with Gasteiger partial charge < -0.3 is 10.1 Å². The fourth-order valence-electron chi connectivity index (χ4n) is 1.64. The van der Waals surface area contributed by atoms with E-state index in [1.165, 1.54) is 30.3 Å². The fourth-order valence-corrected chi connectivity index (χ4v) is 2.20. The van der Waals surface area contributed by atoms with E-state index >= 15 is 0 Å². The molecule has 0 fully saturated rings. The Kier molecular flexibility index (Phi) is 5.82. The molecule has 1 amide bonds.